The zero-order valence-electron chi connectivity index (χ0n) is 10.2. The molecule has 0 radical (unpaired) electrons. The molecule has 2 aromatic rings. The van der Waals surface area contributed by atoms with Gasteiger partial charge in [0, 0.05) is 34.6 Å². The Labute approximate surface area is 101 Å². The normalized spacial score (nSPS) is 11.5. The van der Waals surface area contributed by atoms with E-state index in [9.17, 15) is 4.39 Å². The van der Waals surface area contributed by atoms with Gasteiger partial charge in [-0.3, -0.25) is 9.97 Å². The number of aromatic nitrogens is 2. The molecule has 0 N–H and O–H groups in total. The molecular formula is C14H15FN2. The van der Waals surface area contributed by atoms with Crippen molar-refractivity contribution in [2.45, 2.75) is 26.2 Å². The van der Waals surface area contributed by atoms with Crippen LogP contribution in [0.3, 0.4) is 0 Å². The molecule has 0 aliphatic heterocycles. The number of rotatable bonds is 1. The van der Waals surface area contributed by atoms with Gasteiger partial charge in [-0.2, -0.15) is 0 Å². The molecular weight excluding hydrogens is 215 g/mol. The van der Waals surface area contributed by atoms with E-state index in [1.54, 1.807) is 12.4 Å². The van der Waals surface area contributed by atoms with Crippen LogP contribution in [0.2, 0.25) is 0 Å². The maximum Gasteiger partial charge on any atom is 0.142 e. The number of pyridine rings is 2. The summed E-state index contributed by atoms with van der Waals surface area (Å²) in [6.07, 6.45) is 4.59. The lowest BCUT2D eigenvalue weighted by Crippen LogP contribution is -2.12. The number of hydrogen-bond acceptors (Lipinski definition) is 2. The minimum Gasteiger partial charge on any atom is -0.261 e. The maximum atomic E-state index is 13.0. The van der Waals surface area contributed by atoms with E-state index in [4.69, 9.17) is 0 Å². The van der Waals surface area contributed by atoms with Crippen molar-refractivity contribution < 1.29 is 4.39 Å². The lowest BCUT2D eigenvalue weighted by molar-refractivity contribution is 0.569. The second kappa shape index (κ2) is 4.24. The molecule has 0 bridgehead atoms. The van der Waals surface area contributed by atoms with Crippen molar-refractivity contribution in [2.75, 3.05) is 0 Å². The third-order valence-corrected chi connectivity index (χ3v) is 2.57. The van der Waals surface area contributed by atoms with Gasteiger partial charge in [0.2, 0.25) is 0 Å². The SMILES string of the molecule is CC(C)(C)c1ccc(-c2cncc(F)c2)cn1. The van der Waals surface area contributed by atoms with E-state index in [2.05, 4.69) is 30.7 Å². The summed E-state index contributed by atoms with van der Waals surface area (Å²) in [4.78, 5) is 8.23. The molecule has 2 rings (SSSR count). The highest BCUT2D eigenvalue weighted by molar-refractivity contribution is 5.61. The topological polar surface area (TPSA) is 25.8 Å². The summed E-state index contributed by atoms with van der Waals surface area (Å²) in [6.45, 7) is 6.33. The van der Waals surface area contributed by atoms with Crippen molar-refractivity contribution in [1.82, 2.24) is 9.97 Å². The molecule has 17 heavy (non-hydrogen) atoms. The van der Waals surface area contributed by atoms with E-state index in [1.807, 2.05) is 12.1 Å². The quantitative estimate of drug-likeness (QED) is 0.748. The fraction of sp³-hybridized carbons (Fsp3) is 0.286. The fourth-order valence-corrected chi connectivity index (χ4v) is 1.58. The van der Waals surface area contributed by atoms with Gasteiger partial charge in [0.05, 0.1) is 6.20 Å². The van der Waals surface area contributed by atoms with Crippen molar-refractivity contribution in [1.29, 1.82) is 0 Å². The molecule has 2 aromatic heterocycles. The summed E-state index contributed by atoms with van der Waals surface area (Å²) < 4.78 is 13.0. The molecule has 0 aliphatic rings. The molecule has 2 heterocycles. The summed E-state index contributed by atoms with van der Waals surface area (Å²) in [5, 5.41) is 0. The summed E-state index contributed by atoms with van der Waals surface area (Å²) in [5.74, 6) is -0.331. The van der Waals surface area contributed by atoms with Crippen molar-refractivity contribution >= 4 is 0 Å². The second-order valence-corrected chi connectivity index (χ2v) is 5.07. The highest BCUT2D eigenvalue weighted by Crippen LogP contribution is 2.23. The van der Waals surface area contributed by atoms with E-state index in [1.165, 1.54) is 12.3 Å². The van der Waals surface area contributed by atoms with E-state index >= 15 is 0 Å². The van der Waals surface area contributed by atoms with E-state index in [0.29, 0.717) is 0 Å². The Kier molecular flexibility index (Phi) is 2.92. The average Bonchev–Trinajstić information content (AvgIpc) is 2.28. The Hall–Kier alpha value is -1.77. The van der Waals surface area contributed by atoms with Crippen molar-refractivity contribution in [3.05, 3.63) is 48.3 Å². The molecule has 2 nitrogen and oxygen atoms in total. The van der Waals surface area contributed by atoms with Crippen LogP contribution >= 0.6 is 0 Å². The predicted octanol–water partition coefficient (Wildman–Crippen LogP) is 3.58. The van der Waals surface area contributed by atoms with Crippen LogP contribution in [0.25, 0.3) is 11.1 Å². The van der Waals surface area contributed by atoms with Crippen LogP contribution in [-0.4, -0.2) is 9.97 Å². The Balaban J connectivity index is 2.36. The third kappa shape index (κ3) is 2.67. The van der Waals surface area contributed by atoms with Gasteiger partial charge in [0.15, 0.2) is 0 Å². The molecule has 3 heteroatoms. The minimum atomic E-state index is -0.331. The van der Waals surface area contributed by atoms with Gasteiger partial charge in [-0.15, -0.1) is 0 Å². The summed E-state index contributed by atoms with van der Waals surface area (Å²) in [5.41, 5.74) is 2.67. The zero-order chi connectivity index (χ0) is 12.5. The Morgan fingerprint density at radius 3 is 2.29 bits per heavy atom. The molecule has 0 saturated carbocycles. The van der Waals surface area contributed by atoms with Crippen LogP contribution in [0, 0.1) is 5.82 Å². The maximum absolute atomic E-state index is 13.0. The molecule has 0 amide bonds. The molecule has 0 unspecified atom stereocenters. The van der Waals surface area contributed by atoms with Crippen LogP contribution in [0.1, 0.15) is 26.5 Å². The van der Waals surface area contributed by atoms with Crippen LogP contribution in [0.4, 0.5) is 4.39 Å². The summed E-state index contributed by atoms with van der Waals surface area (Å²) >= 11 is 0. The number of halogens is 1. The van der Waals surface area contributed by atoms with Gasteiger partial charge < -0.3 is 0 Å². The van der Waals surface area contributed by atoms with Gasteiger partial charge in [0.1, 0.15) is 5.82 Å². The molecule has 0 spiro atoms. The third-order valence-electron chi connectivity index (χ3n) is 2.57. The second-order valence-electron chi connectivity index (χ2n) is 5.07. The first kappa shape index (κ1) is 11.7. The van der Waals surface area contributed by atoms with Crippen molar-refractivity contribution in [2.24, 2.45) is 0 Å². The average molecular weight is 230 g/mol. The summed E-state index contributed by atoms with van der Waals surface area (Å²) in [6, 6.07) is 5.38. The summed E-state index contributed by atoms with van der Waals surface area (Å²) in [7, 11) is 0. The Bertz CT molecular complexity index is 512. The van der Waals surface area contributed by atoms with Gasteiger partial charge in [0.25, 0.3) is 0 Å². The van der Waals surface area contributed by atoms with E-state index in [-0.39, 0.29) is 11.2 Å². The highest BCUT2D eigenvalue weighted by atomic mass is 19.1. The lowest BCUT2D eigenvalue weighted by atomic mass is 9.91. The first-order valence-electron chi connectivity index (χ1n) is 5.54. The van der Waals surface area contributed by atoms with Crippen LogP contribution in [0.15, 0.2) is 36.8 Å². The minimum absolute atomic E-state index is 0.0265. The first-order chi connectivity index (χ1) is 7.97. The predicted molar refractivity (Wildman–Crippen MR) is 66.1 cm³/mol. The van der Waals surface area contributed by atoms with Crippen molar-refractivity contribution in [3.8, 4) is 11.1 Å². The number of nitrogens with zero attached hydrogens (tertiary/aromatic N) is 2. The first-order valence-corrected chi connectivity index (χ1v) is 5.54. The smallest absolute Gasteiger partial charge is 0.142 e. The van der Waals surface area contributed by atoms with Gasteiger partial charge >= 0.3 is 0 Å². The molecule has 88 valence electrons. The molecule has 0 aromatic carbocycles. The van der Waals surface area contributed by atoms with Crippen LogP contribution < -0.4 is 0 Å². The van der Waals surface area contributed by atoms with Crippen molar-refractivity contribution in [3.63, 3.8) is 0 Å². The Morgan fingerprint density at radius 1 is 1.00 bits per heavy atom. The molecule has 0 aliphatic carbocycles. The Morgan fingerprint density at radius 2 is 1.76 bits per heavy atom. The lowest BCUT2D eigenvalue weighted by Gasteiger charge is -2.17. The highest BCUT2D eigenvalue weighted by Gasteiger charge is 2.14. The molecule has 0 saturated heterocycles. The largest absolute Gasteiger partial charge is 0.261 e. The van der Waals surface area contributed by atoms with Crippen LogP contribution in [0.5, 0.6) is 0 Å². The van der Waals surface area contributed by atoms with Crippen LogP contribution in [-0.2, 0) is 5.41 Å². The zero-order valence-corrected chi connectivity index (χ0v) is 10.2. The van der Waals surface area contributed by atoms with E-state index < -0.39 is 0 Å². The molecule has 0 fully saturated rings. The van der Waals surface area contributed by atoms with Gasteiger partial charge in [-0.1, -0.05) is 26.8 Å². The monoisotopic (exact) mass is 230 g/mol. The molecule has 0 atom stereocenters. The number of hydrogen-bond donors (Lipinski definition) is 0. The van der Waals surface area contributed by atoms with Gasteiger partial charge in [-0.05, 0) is 12.1 Å². The standard InChI is InChI=1S/C14H15FN2/c1-14(2,3)13-5-4-10(8-17-13)11-6-12(15)9-16-7-11/h4-9H,1-3H3. The van der Waals surface area contributed by atoms with Gasteiger partial charge in [-0.25, -0.2) is 4.39 Å². The van der Waals surface area contributed by atoms with E-state index in [0.717, 1.165) is 16.8 Å². The fourth-order valence-electron chi connectivity index (χ4n) is 1.58.